The molecule has 1 N–H and O–H groups in total. The van der Waals surface area contributed by atoms with Crippen LogP contribution in [0, 0.1) is 17.7 Å². The van der Waals surface area contributed by atoms with Crippen molar-refractivity contribution < 1.29 is 14.2 Å². The van der Waals surface area contributed by atoms with Crippen LogP contribution in [-0.2, 0) is 0 Å². The molecular weight excluding hydrogens is 315 g/mol. The van der Waals surface area contributed by atoms with Crippen LogP contribution < -0.4 is 4.74 Å². The van der Waals surface area contributed by atoms with Crippen molar-refractivity contribution in [2.24, 2.45) is 11.8 Å². The number of aliphatic hydroxyl groups excluding tert-OH is 1. The van der Waals surface area contributed by atoms with Crippen molar-refractivity contribution in [3.63, 3.8) is 0 Å². The van der Waals surface area contributed by atoms with Crippen LogP contribution in [0.5, 0.6) is 5.75 Å². The van der Waals surface area contributed by atoms with E-state index < -0.39 is 0 Å². The molecule has 0 aromatic heterocycles. The average molecular weight is 351 g/mol. The number of benzene rings is 1. The van der Waals surface area contributed by atoms with E-state index in [1.165, 1.54) is 76.3 Å². The van der Waals surface area contributed by atoms with Crippen molar-refractivity contribution in [3.8, 4) is 5.75 Å². The molecule has 25 heavy (non-hydrogen) atoms. The van der Waals surface area contributed by atoms with E-state index in [0.29, 0.717) is 6.61 Å². The van der Waals surface area contributed by atoms with Gasteiger partial charge < -0.3 is 9.84 Å². The predicted octanol–water partition coefficient (Wildman–Crippen LogP) is 6.12. The molecule has 0 spiro atoms. The highest BCUT2D eigenvalue weighted by Gasteiger charge is 2.13. The van der Waals surface area contributed by atoms with Crippen LogP contribution in [0.15, 0.2) is 24.3 Å². The standard InChI is InChI=1S/C14H19FO.C8H16O/c15-13-6-8-14(9-7-13)16-11-10-12-4-2-1-3-5-12;9-7-6-8-4-2-1-3-5-8/h6-9,12H,1-5,10-11H2;8-9H,1-7H2. The fraction of sp³-hybridized carbons (Fsp3) is 0.727. The number of ether oxygens (including phenoxy) is 1. The van der Waals surface area contributed by atoms with Crippen molar-refractivity contribution >= 4 is 0 Å². The van der Waals surface area contributed by atoms with Gasteiger partial charge in [-0.2, -0.15) is 0 Å². The zero-order chi connectivity index (χ0) is 17.7. The van der Waals surface area contributed by atoms with Gasteiger partial charge in [-0.05, 0) is 48.9 Å². The summed E-state index contributed by atoms with van der Waals surface area (Å²) in [6.07, 6.45) is 16.0. The minimum atomic E-state index is -0.209. The van der Waals surface area contributed by atoms with Crippen molar-refractivity contribution in [2.45, 2.75) is 77.0 Å². The van der Waals surface area contributed by atoms with Gasteiger partial charge in [-0.15, -0.1) is 0 Å². The Morgan fingerprint density at radius 1 is 0.800 bits per heavy atom. The van der Waals surface area contributed by atoms with E-state index in [9.17, 15) is 4.39 Å². The molecular formula is C22H35FO2. The minimum absolute atomic E-state index is 0.209. The maximum Gasteiger partial charge on any atom is 0.123 e. The molecule has 0 atom stereocenters. The molecule has 1 aromatic carbocycles. The second kappa shape index (κ2) is 12.3. The lowest BCUT2D eigenvalue weighted by atomic mass is 9.87. The van der Waals surface area contributed by atoms with Crippen molar-refractivity contribution in [1.29, 1.82) is 0 Å². The Balaban J connectivity index is 0.000000212. The molecule has 0 radical (unpaired) electrons. The summed E-state index contributed by atoms with van der Waals surface area (Å²) in [4.78, 5) is 0. The zero-order valence-corrected chi connectivity index (χ0v) is 15.6. The third-order valence-electron chi connectivity index (χ3n) is 5.60. The van der Waals surface area contributed by atoms with Crippen LogP contribution in [0.2, 0.25) is 0 Å². The molecule has 0 saturated heterocycles. The van der Waals surface area contributed by atoms with Crippen LogP contribution in [-0.4, -0.2) is 18.3 Å². The number of halogens is 1. The van der Waals surface area contributed by atoms with Gasteiger partial charge in [0.2, 0.25) is 0 Å². The predicted molar refractivity (Wildman–Crippen MR) is 101 cm³/mol. The summed E-state index contributed by atoms with van der Waals surface area (Å²) in [5.41, 5.74) is 0. The van der Waals surface area contributed by atoms with Gasteiger partial charge >= 0.3 is 0 Å². The van der Waals surface area contributed by atoms with E-state index in [2.05, 4.69) is 0 Å². The monoisotopic (exact) mass is 350 g/mol. The van der Waals surface area contributed by atoms with Gasteiger partial charge in [-0.1, -0.05) is 64.2 Å². The summed E-state index contributed by atoms with van der Waals surface area (Å²) in [6.45, 7) is 1.15. The van der Waals surface area contributed by atoms with Crippen LogP contribution in [0.25, 0.3) is 0 Å². The topological polar surface area (TPSA) is 29.5 Å². The van der Waals surface area contributed by atoms with Crippen LogP contribution in [0.1, 0.15) is 77.0 Å². The lowest BCUT2D eigenvalue weighted by Gasteiger charge is -2.21. The fourth-order valence-corrected chi connectivity index (χ4v) is 4.01. The number of hydrogen-bond donors (Lipinski definition) is 1. The van der Waals surface area contributed by atoms with E-state index in [4.69, 9.17) is 9.84 Å². The SMILES string of the molecule is Fc1ccc(OCCC2CCCCC2)cc1.OCCC1CCCCC1. The highest BCUT2D eigenvalue weighted by Crippen LogP contribution is 2.26. The molecule has 3 rings (SSSR count). The summed E-state index contributed by atoms with van der Waals surface area (Å²) in [7, 11) is 0. The molecule has 3 heteroatoms. The van der Waals surface area contributed by atoms with Crippen molar-refractivity contribution in [3.05, 3.63) is 30.1 Å². The van der Waals surface area contributed by atoms with Crippen LogP contribution in [0.4, 0.5) is 4.39 Å². The number of aliphatic hydroxyl groups is 1. The number of rotatable bonds is 6. The lowest BCUT2D eigenvalue weighted by Crippen LogP contribution is -2.10. The first-order chi connectivity index (χ1) is 12.3. The Morgan fingerprint density at radius 2 is 1.32 bits per heavy atom. The van der Waals surface area contributed by atoms with Gasteiger partial charge in [0.1, 0.15) is 11.6 Å². The Hall–Kier alpha value is -1.09. The molecule has 0 aliphatic heterocycles. The first-order valence-corrected chi connectivity index (χ1v) is 10.3. The van der Waals surface area contributed by atoms with E-state index in [1.54, 1.807) is 12.1 Å². The zero-order valence-electron chi connectivity index (χ0n) is 15.6. The van der Waals surface area contributed by atoms with Gasteiger partial charge in [0, 0.05) is 6.61 Å². The smallest absolute Gasteiger partial charge is 0.123 e. The van der Waals surface area contributed by atoms with Gasteiger partial charge in [0.05, 0.1) is 6.61 Å². The fourth-order valence-electron chi connectivity index (χ4n) is 4.01. The molecule has 0 amide bonds. The van der Waals surface area contributed by atoms with Gasteiger partial charge in [-0.3, -0.25) is 0 Å². The summed E-state index contributed by atoms with van der Waals surface area (Å²) in [6, 6.07) is 6.26. The van der Waals surface area contributed by atoms with E-state index >= 15 is 0 Å². The molecule has 2 nitrogen and oxygen atoms in total. The normalized spacial score (nSPS) is 19.1. The molecule has 0 unspecified atom stereocenters. The van der Waals surface area contributed by atoms with Gasteiger partial charge in [0.15, 0.2) is 0 Å². The lowest BCUT2D eigenvalue weighted by molar-refractivity contribution is 0.230. The Bertz CT molecular complexity index is 431. The second-order valence-corrected chi connectivity index (χ2v) is 7.61. The molecule has 0 heterocycles. The molecule has 2 aliphatic carbocycles. The van der Waals surface area contributed by atoms with Crippen molar-refractivity contribution in [2.75, 3.05) is 13.2 Å². The third kappa shape index (κ3) is 8.71. The van der Waals surface area contributed by atoms with E-state index in [0.717, 1.165) is 37.0 Å². The molecule has 0 bridgehead atoms. The summed E-state index contributed by atoms with van der Waals surface area (Å²) >= 11 is 0. The molecule has 2 fully saturated rings. The summed E-state index contributed by atoms with van der Waals surface area (Å²) in [5.74, 6) is 2.26. The number of hydrogen-bond acceptors (Lipinski definition) is 2. The maximum absolute atomic E-state index is 12.6. The Morgan fingerprint density at radius 3 is 1.84 bits per heavy atom. The molecule has 142 valence electrons. The first-order valence-electron chi connectivity index (χ1n) is 10.3. The summed E-state index contributed by atoms with van der Waals surface area (Å²) < 4.78 is 18.2. The average Bonchev–Trinajstić information content (AvgIpc) is 2.66. The van der Waals surface area contributed by atoms with E-state index in [1.807, 2.05) is 0 Å². The van der Waals surface area contributed by atoms with Gasteiger partial charge in [0.25, 0.3) is 0 Å². The molecule has 2 aliphatic rings. The first kappa shape index (κ1) is 20.2. The molecule has 2 saturated carbocycles. The van der Waals surface area contributed by atoms with Crippen molar-refractivity contribution in [1.82, 2.24) is 0 Å². The highest BCUT2D eigenvalue weighted by atomic mass is 19.1. The van der Waals surface area contributed by atoms with E-state index in [-0.39, 0.29) is 5.82 Å². The molecule has 1 aromatic rings. The second-order valence-electron chi connectivity index (χ2n) is 7.61. The van der Waals surface area contributed by atoms with Gasteiger partial charge in [-0.25, -0.2) is 4.39 Å². The van der Waals surface area contributed by atoms with Crippen LogP contribution in [0.3, 0.4) is 0 Å². The quantitative estimate of drug-likeness (QED) is 0.669. The van der Waals surface area contributed by atoms with Crippen LogP contribution >= 0.6 is 0 Å². The Kier molecular flexibility index (Phi) is 9.95. The Labute approximate surface area is 152 Å². The highest BCUT2D eigenvalue weighted by molar-refractivity contribution is 5.21. The maximum atomic E-state index is 12.6. The third-order valence-corrected chi connectivity index (χ3v) is 5.60. The largest absolute Gasteiger partial charge is 0.494 e. The summed E-state index contributed by atoms with van der Waals surface area (Å²) in [5, 5.41) is 8.62. The minimum Gasteiger partial charge on any atom is -0.494 e.